The molecule has 168 valence electrons. The average Bonchev–Trinajstić information content (AvgIpc) is 3.06. The first-order valence-corrected chi connectivity index (χ1v) is 10.3. The highest BCUT2D eigenvalue weighted by Crippen LogP contribution is 2.38. The van der Waals surface area contributed by atoms with Crippen LogP contribution in [0, 0.1) is 11.3 Å². The van der Waals surface area contributed by atoms with Crippen molar-refractivity contribution in [1.29, 1.82) is 5.26 Å². The van der Waals surface area contributed by atoms with Crippen LogP contribution in [0.3, 0.4) is 0 Å². The second-order valence-electron chi connectivity index (χ2n) is 8.09. The van der Waals surface area contributed by atoms with Crippen LogP contribution in [-0.2, 0) is 5.54 Å². The van der Waals surface area contributed by atoms with Gasteiger partial charge >= 0.3 is 11.4 Å². The Labute approximate surface area is 195 Å². The lowest BCUT2D eigenvalue weighted by atomic mass is 10.1. The van der Waals surface area contributed by atoms with Gasteiger partial charge < -0.3 is 9.72 Å². The molecule has 0 aliphatic heterocycles. The first-order chi connectivity index (χ1) is 15.5. The van der Waals surface area contributed by atoms with Crippen LogP contribution >= 0.6 is 23.2 Å². The third kappa shape index (κ3) is 4.04. The largest absolute Gasteiger partial charge is 0.454 e. The van der Waals surface area contributed by atoms with Crippen molar-refractivity contribution in [2.75, 3.05) is 0 Å². The summed E-state index contributed by atoms with van der Waals surface area (Å²) in [7, 11) is 0. The van der Waals surface area contributed by atoms with Crippen LogP contribution in [0.2, 0.25) is 10.0 Å². The van der Waals surface area contributed by atoms with Crippen molar-refractivity contribution in [2.45, 2.75) is 26.3 Å². The molecule has 2 N–H and O–H groups in total. The molecular weight excluding hydrogens is 471 g/mol. The lowest BCUT2D eigenvalue weighted by Crippen LogP contribution is -2.33. The molecule has 10 nitrogen and oxygen atoms in total. The fourth-order valence-corrected chi connectivity index (χ4v) is 3.90. The second kappa shape index (κ2) is 7.95. The van der Waals surface area contributed by atoms with Crippen LogP contribution in [0.25, 0.3) is 16.7 Å². The fourth-order valence-electron chi connectivity index (χ4n) is 3.34. The molecule has 2 aromatic heterocycles. The van der Waals surface area contributed by atoms with E-state index in [0.717, 1.165) is 4.68 Å². The average molecular weight is 487 g/mol. The van der Waals surface area contributed by atoms with E-state index in [0.29, 0.717) is 16.8 Å². The third-order valence-electron chi connectivity index (χ3n) is 4.71. The summed E-state index contributed by atoms with van der Waals surface area (Å²) in [5.41, 5.74) is -1.56. The second-order valence-corrected chi connectivity index (χ2v) is 8.90. The van der Waals surface area contributed by atoms with Crippen LogP contribution in [0.4, 0.5) is 0 Å². The van der Waals surface area contributed by atoms with Gasteiger partial charge in [-0.05, 0) is 45.0 Å². The first-order valence-electron chi connectivity index (χ1n) is 9.56. The minimum Gasteiger partial charge on any atom is -0.454 e. The molecule has 4 rings (SSSR count). The number of benzene rings is 2. The van der Waals surface area contributed by atoms with E-state index in [4.69, 9.17) is 33.2 Å². The Morgan fingerprint density at radius 2 is 1.70 bits per heavy atom. The number of nitrogens with zero attached hydrogens (tertiary/aromatic N) is 4. The number of ether oxygens (including phenoxy) is 1. The Morgan fingerprint density at radius 3 is 2.30 bits per heavy atom. The van der Waals surface area contributed by atoms with Crippen molar-refractivity contribution in [3.63, 3.8) is 0 Å². The molecular formula is C21H16Cl2N6O4. The fraction of sp³-hybridized carbons (Fsp3) is 0.190. The van der Waals surface area contributed by atoms with Gasteiger partial charge in [-0.15, -0.1) is 5.10 Å². The zero-order valence-electron chi connectivity index (χ0n) is 17.6. The van der Waals surface area contributed by atoms with E-state index >= 15 is 0 Å². The molecule has 0 amide bonds. The van der Waals surface area contributed by atoms with Crippen molar-refractivity contribution < 1.29 is 4.74 Å². The van der Waals surface area contributed by atoms with Gasteiger partial charge in [-0.2, -0.15) is 9.94 Å². The number of hydrogen-bond acceptors (Lipinski definition) is 6. The first kappa shape index (κ1) is 22.4. The summed E-state index contributed by atoms with van der Waals surface area (Å²) in [5.74, 6) is 0.488. The minimum atomic E-state index is -0.898. The number of aromatic amines is 2. The summed E-state index contributed by atoms with van der Waals surface area (Å²) in [4.78, 5) is 40.9. The Hall–Kier alpha value is -3.81. The molecule has 0 aliphatic rings. The highest BCUT2D eigenvalue weighted by Gasteiger charge is 2.20. The minimum absolute atomic E-state index is 0.0540. The summed E-state index contributed by atoms with van der Waals surface area (Å²) in [6.45, 7) is 5.73. The number of nitriles is 1. The maximum atomic E-state index is 12.4. The standard InChI is InChI=1S/C21H16Cl2N6O4/c1-21(2,3)28-16-8-11(4-5-14(16)25-19(28)31)33-17-12(22)6-10(7-13(17)23)29-20(32)26-18(30)15(9-24)27-29/h4-8H,1-3H3,(H,25,31)(H,26,30,32). The Balaban J connectivity index is 1.77. The number of fused-ring (bicyclic) bond motifs is 1. The van der Waals surface area contributed by atoms with Crippen molar-refractivity contribution in [3.8, 4) is 23.3 Å². The topological polar surface area (TPSA) is 139 Å². The molecule has 0 saturated heterocycles. The van der Waals surface area contributed by atoms with Gasteiger partial charge in [0.05, 0.1) is 26.8 Å². The van der Waals surface area contributed by atoms with Gasteiger partial charge in [0.15, 0.2) is 5.75 Å². The lowest BCUT2D eigenvalue weighted by Gasteiger charge is -2.21. The van der Waals surface area contributed by atoms with Crippen LogP contribution in [0.5, 0.6) is 11.5 Å². The highest BCUT2D eigenvalue weighted by molar-refractivity contribution is 6.37. The summed E-state index contributed by atoms with van der Waals surface area (Å²) in [6.07, 6.45) is 0. The summed E-state index contributed by atoms with van der Waals surface area (Å²) < 4.78 is 8.31. The Bertz CT molecular complexity index is 1610. The molecule has 0 aliphatic carbocycles. The van der Waals surface area contributed by atoms with Crippen molar-refractivity contribution >= 4 is 34.2 Å². The van der Waals surface area contributed by atoms with Gasteiger partial charge in [0.2, 0.25) is 5.69 Å². The molecule has 0 fully saturated rings. The van der Waals surface area contributed by atoms with Crippen LogP contribution < -0.4 is 21.7 Å². The molecule has 0 radical (unpaired) electrons. The van der Waals surface area contributed by atoms with Crippen molar-refractivity contribution in [2.24, 2.45) is 0 Å². The van der Waals surface area contributed by atoms with Crippen LogP contribution in [0.15, 0.2) is 44.7 Å². The highest BCUT2D eigenvalue weighted by atomic mass is 35.5. The quantitative estimate of drug-likeness (QED) is 0.455. The van der Waals surface area contributed by atoms with Crippen LogP contribution in [-0.4, -0.2) is 24.3 Å². The number of rotatable bonds is 3. The number of imidazole rings is 1. The number of hydrogen-bond donors (Lipinski definition) is 2. The summed E-state index contributed by atoms with van der Waals surface area (Å²) >= 11 is 12.7. The normalized spacial score (nSPS) is 11.5. The van der Waals surface area contributed by atoms with E-state index in [1.54, 1.807) is 28.8 Å². The van der Waals surface area contributed by atoms with Crippen molar-refractivity contribution in [1.82, 2.24) is 24.3 Å². The zero-order chi connectivity index (χ0) is 24.1. The Morgan fingerprint density at radius 1 is 1.03 bits per heavy atom. The molecule has 33 heavy (non-hydrogen) atoms. The van der Waals surface area contributed by atoms with Gasteiger partial charge in [-0.1, -0.05) is 23.2 Å². The molecule has 2 aromatic carbocycles. The lowest BCUT2D eigenvalue weighted by molar-refractivity contribution is 0.397. The maximum absolute atomic E-state index is 12.4. The molecule has 0 atom stereocenters. The van der Waals surface area contributed by atoms with E-state index in [1.165, 1.54) is 12.1 Å². The Kier molecular flexibility index (Phi) is 5.40. The van der Waals surface area contributed by atoms with Gasteiger partial charge in [0.25, 0.3) is 5.56 Å². The smallest absolute Gasteiger partial charge is 0.349 e. The van der Waals surface area contributed by atoms with E-state index in [1.807, 2.05) is 25.8 Å². The number of aromatic nitrogens is 5. The zero-order valence-corrected chi connectivity index (χ0v) is 19.1. The SMILES string of the molecule is CC(C)(C)n1c(=O)[nH]c2ccc(Oc3c(Cl)cc(-n4nc(C#N)c(=O)[nH]c4=O)cc3Cl)cc21. The molecule has 0 unspecified atom stereocenters. The number of nitrogens with one attached hydrogen (secondary N) is 2. The summed E-state index contributed by atoms with van der Waals surface area (Å²) in [5, 5.41) is 12.8. The van der Waals surface area contributed by atoms with Gasteiger partial charge in [0.1, 0.15) is 11.8 Å². The van der Waals surface area contributed by atoms with Crippen LogP contribution in [0.1, 0.15) is 26.5 Å². The molecule has 12 heteroatoms. The van der Waals surface area contributed by atoms with Gasteiger partial charge in [-0.3, -0.25) is 14.3 Å². The maximum Gasteiger partial charge on any atom is 0.349 e. The summed E-state index contributed by atoms with van der Waals surface area (Å²) in [6, 6.07) is 9.37. The van der Waals surface area contributed by atoms with Gasteiger partial charge in [0, 0.05) is 11.6 Å². The monoisotopic (exact) mass is 486 g/mol. The van der Waals surface area contributed by atoms with Gasteiger partial charge in [-0.25, -0.2) is 9.59 Å². The number of halogens is 2. The van der Waals surface area contributed by atoms with E-state index in [-0.39, 0.29) is 27.2 Å². The molecule has 4 aromatic rings. The van der Waals surface area contributed by atoms with E-state index in [2.05, 4.69) is 10.1 Å². The van der Waals surface area contributed by atoms with Crippen molar-refractivity contribution in [3.05, 3.63) is 77.4 Å². The molecule has 0 saturated carbocycles. The molecule has 0 bridgehead atoms. The predicted molar refractivity (Wildman–Crippen MR) is 123 cm³/mol. The number of H-pyrrole nitrogens is 2. The predicted octanol–water partition coefficient (Wildman–Crippen LogP) is 3.29. The van der Waals surface area contributed by atoms with E-state index in [9.17, 15) is 14.4 Å². The molecule has 0 spiro atoms. The van der Waals surface area contributed by atoms with E-state index < -0.39 is 22.5 Å². The third-order valence-corrected chi connectivity index (χ3v) is 5.27. The molecule has 2 heterocycles.